The zero-order valence-electron chi connectivity index (χ0n) is 13.7. The van der Waals surface area contributed by atoms with E-state index in [-0.39, 0.29) is 22.9 Å². The number of carbonyl (C=O) groups excluding carboxylic acids is 2. The van der Waals surface area contributed by atoms with Gasteiger partial charge in [0.05, 0.1) is 11.3 Å². The molecule has 136 valence electrons. The molecule has 8 heteroatoms. The van der Waals surface area contributed by atoms with Crippen molar-refractivity contribution in [3.63, 3.8) is 0 Å². The minimum Gasteiger partial charge on any atom is -0.339 e. The first-order valence-corrected chi connectivity index (χ1v) is 8.09. The van der Waals surface area contributed by atoms with E-state index in [1.807, 2.05) is 0 Å². The Balaban J connectivity index is 1.81. The molecule has 1 N–H and O–H groups in total. The number of carbonyl (C=O) groups is 2. The number of alkyl halides is 3. The molecule has 1 aliphatic rings. The molecule has 2 amide bonds. The number of hydrogen-bond acceptors (Lipinski definition) is 3. The first-order chi connectivity index (χ1) is 12.4. The summed E-state index contributed by atoms with van der Waals surface area (Å²) in [4.78, 5) is 30.3. The van der Waals surface area contributed by atoms with Crippen molar-refractivity contribution in [3.8, 4) is 0 Å². The number of halogens is 3. The Bertz CT molecular complexity index is 830. The Morgan fingerprint density at radius 1 is 1.08 bits per heavy atom. The molecule has 0 unspecified atom stereocenters. The number of hydrogen-bond donors (Lipinski definition) is 1. The molecule has 1 aromatic carbocycles. The van der Waals surface area contributed by atoms with Crippen LogP contribution < -0.4 is 5.32 Å². The van der Waals surface area contributed by atoms with E-state index in [9.17, 15) is 22.8 Å². The Kier molecular flexibility index (Phi) is 4.92. The van der Waals surface area contributed by atoms with E-state index in [1.165, 1.54) is 36.5 Å². The van der Waals surface area contributed by atoms with Gasteiger partial charge in [-0.15, -0.1) is 0 Å². The van der Waals surface area contributed by atoms with E-state index in [4.69, 9.17) is 0 Å². The molecule has 2 heterocycles. The molecule has 1 saturated heterocycles. The average molecular weight is 363 g/mol. The molecule has 1 aromatic heterocycles. The van der Waals surface area contributed by atoms with Gasteiger partial charge in [0.2, 0.25) is 0 Å². The molecule has 0 bridgehead atoms. The predicted molar refractivity (Wildman–Crippen MR) is 88.8 cm³/mol. The van der Waals surface area contributed by atoms with Crippen LogP contribution in [0.25, 0.3) is 0 Å². The summed E-state index contributed by atoms with van der Waals surface area (Å²) in [5.74, 6) is -1.02. The van der Waals surface area contributed by atoms with E-state index in [0.29, 0.717) is 13.1 Å². The van der Waals surface area contributed by atoms with E-state index in [0.717, 1.165) is 18.9 Å². The lowest BCUT2D eigenvalue weighted by atomic mass is 10.1. The van der Waals surface area contributed by atoms with Crippen LogP contribution in [0.1, 0.15) is 39.3 Å². The van der Waals surface area contributed by atoms with Gasteiger partial charge in [0.25, 0.3) is 11.8 Å². The summed E-state index contributed by atoms with van der Waals surface area (Å²) in [6, 6.07) is 7.47. The maximum Gasteiger partial charge on any atom is 0.418 e. The number of benzene rings is 1. The lowest BCUT2D eigenvalue weighted by Gasteiger charge is -2.16. The van der Waals surface area contributed by atoms with Crippen LogP contribution in [0.3, 0.4) is 0 Å². The van der Waals surface area contributed by atoms with Gasteiger partial charge in [-0.2, -0.15) is 13.2 Å². The number of likely N-dealkylation sites (tertiary alicyclic amines) is 1. The summed E-state index contributed by atoms with van der Waals surface area (Å²) in [7, 11) is 0. The van der Waals surface area contributed by atoms with Crippen molar-refractivity contribution in [3.05, 3.63) is 59.4 Å². The maximum absolute atomic E-state index is 13.0. The highest BCUT2D eigenvalue weighted by Gasteiger charge is 2.33. The number of rotatable bonds is 3. The van der Waals surface area contributed by atoms with E-state index in [2.05, 4.69) is 10.3 Å². The van der Waals surface area contributed by atoms with Gasteiger partial charge >= 0.3 is 6.18 Å². The van der Waals surface area contributed by atoms with Gasteiger partial charge in [0, 0.05) is 24.8 Å². The summed E-state index contributed by atoms with van der Waals surface area (Å²) < 4.78 is 39.1. The van der Waals surface area contributed by atoms with Crippen molar-refractivity contribution < 1.29 is 22.8 Å². The number of nitrogens with zero attached hydrogens (tertiary/aromatic N) is 2. The summed E-state index contributed by atoms with van der Waals surface area (Å²) in [5, 5.41) is 2.22. The molecular formula is C18H16F3N3O2. The topological polar surface area (TPSA) is 62.3 Å². The lowest BCUT2D eigenvalue weighted by molar-refractivity contribution is -0.136. The standard InChI is InChI=1S/C18H16F3N3O2/c19-18(20,21)13-5-1-2-6-14(13)23-16(25)15-11-12(7-8-22-15)17(26)24-9-3-4-10-24/h1-2,5-8,11H,3-4,9-10H2,(H,23,25). The van der Waals surface area contributed by atoms with E-state index < -0.39 is 17.6 Å². The second-order valence-electron chi connectivity index (χ2n) is 5.93. The third-order valence-electron chi connectivity index (χ3n) is 4.11. The Hall–Kier alpha value is -2.90. The van der Waals surface area contributed by atoms with Crippen molar-refractivity contribution in [2.75, 3.05) is 18.4 Å². The second kappa shape index (κ2) is 7.15. The molecule has 5 nitrogen and oxygen atoms in total. The van der Waals surface area contributed by atoms with Gasteiger partial charge in [0.1, 0.15) is 5.69 Å². The molecule has 26 heavy (non-hydrogen) atoms. The first-order valence-electron chi connectivity index (χ1n) is 8.09. The summed E-state index contributed by atoms with van der Waals surface area (Å²) in [6.45, 7) is 1.31. The SMILES string of the molecule is O=C(Nc1ccccc1C(F)(F)F)c1cc(C(=O)N2CCCC2)ccn1. The molecular weight excluding hydrogens is 347 g/mol. The summed E-state index contributed by atoms with van der Waals surface area (Å²) in [5.41, 5.74) is -1.14. The van der Waals surface area contributed by atoms with Gasteiger partial charge in [0.15, 0.2) is 0 Å². The highest BCUT2D eigenvalue weighted by atomic mass is 19.4. The minimum absolute atomic E-state index is 0.118. The van der Waals surface area contributed by atoms with E-state index in [1.54, 1.807) is 4.90 Å². The molecule has 1 aliphatic heterocycles. The quantitative estimate of drug-likeness (QED) is 0.907. The van der Waals surface area contributed by atoms with Gasteiger partial charge in [-0.05, 0) is 37.1 Å². The number of aromatic nitrogens is 1. The molecule has 2 aromatic rings. The minimum atomic E-state index is -4.59. The number of nitrogens with one attached hydrogen (secondary N) is 1. The van der Waals surface area contributed by atoms with Gasteiger partial charge in [-0.25, -0.2) is 0 Å². The fourth-order valence-electron chi connectivity index (χ4n) is 2.82. The Morgan fingerprint density at radius 2 is 1.77 bits per heavy atom. The van der Waals surface area contributed by atoms with Crippen molar-refractivity contribution in [1.82, 2.24) is 9.88 Å². The molecule has 0 atom stereocenters. The summed E-state index contributed by atoms with van der Waals surface area (Å²) in [6.07, 6.45) is -1.43. The largest absolute Gasteiger partial charge is 0.418 e. The smallest absolute Gasteiger partial charge is 0.339 e. The highest BCUT2D eigenvalue weighted by Crippen LogP contribution is 2.34. The predicted octanol–water partition coefficient (Wildman–Crippen LogP) is 3.59. The molecule has 0 radical (unpaired) electrons. The Morgan fingerprint density at radius 3 is 2.46 bits per heavy atom. The fourth-order valence-corrected chi connectivity index (χ4v) is 2.82. The van der Waals surface area contributed by atoms with Crippen LogP contribution in [0.2, 0.25) is 0 Å². The number of amides is 2. The second-order valence-corrected chi connectivity index (χ2v) is 5.93. The lowest BCUT2D eigenvalue weighted by Crippen LogP contribution is -2.28. The number of pyridine rings is 1. The molecule has 3 rings (SSSR count). The number of anilines is 1. The Labute approximate surface area is 147 Å². The molecule has 0 aliphatic carbocycles. The summed E-state index contributed by atoms with van der Waals surface area (Å²) >= 11 is 0. The fraction of sp³-hybridized carbons (Fsp3) is 0.278. The molecule has 0 saturated carbocycles. The van der Waals surface area contributed by atoms with Crippen LogP contribution in [-0.2, 0) is 6.18 Å². The third-order valence-corrected chi connectivity index (χ3v) is 4.11. The first kappa shape index (κ1) is 17.9. The van der Waals surface area contributed by atoms with Crippen LogP contribution in [0.15, 0.2) is 42.6 Å². The highest BCUT2D eigenvalue weighted by molar-refractivity contribution is 6.05. The van der Waals surface area contributed by atoms with Gasteiger partial charge in [-0.1, -0.05) is 12.1 Å². The van der Waals surface area contributed by atoms with Crippen LogP contribution in [0.4, 0.5) is 18.9 Å². The van der Waals surface area contributed by atoms with Crippen LogP contribution in [0, 0.1) is 0 Å². The van der Waals surface area contributed by atoms with Crippen molar-refractivity contribution >= 4 is 17.5 Å². The van der Waals surface area contributed by atoms with Crippen LogP contribution >= 0.6 is 0 Å². The van der Waals surface area contributed by atoms with Crippen molar-refractivity contribution in [2.45, 2.75) is 19.0 Å². The third kappa shape index (κ3) is 3.84. The zero-order valence-corrected chi connectivity index (χ0v) is 13.7. The zero-order chi connectivity index (χ0) is 18.7. The van der Waals surface area contributed by atoms with Gasteiger partial charge < -0.3 is 10.2 Å². The maximum atomic E-state index is 13.0. The van der Waals surface area contributed by atoms with Crippen molar-refractivity contribution in [2.24, 2.45) is 0 Å². The monoisotopic (exact) mass is 363 g/mol. The average Bonchev–Trinajstić information content (AvgIpc) is 3.15. The number of para-hydroxylation sites is 1. The van der Waals surface area contributed by atoms with Crippen molar-refractivity contribution in [1.29, 1.82) is 0 Å². The van der Waals surface area contributed by atoms with E-state index >= 15 is 0 Å². The molecule has 0 spiro atoms. The normalized spacial score (nSPS) is 14.3. The molecule has 1 fully saturated rings. The van der Waals surface area contributed by atoms with Crippen LogP contribution in [0.5, 0.6) is 0 Å². The van der Waals surface area contributed by atoms with Crippen LogP contribution in [-0.4, -0.2) is 34.8 Å². The van der Waals surface area contributed by atoms with Gasteiger partial charge in [-0.3, -0.25) is 14.6 Å².